The van der Waals surface area contributed by atoms with E-state index in [2.05, 4.69) is 20.6 Å². The maximum absolute atomic E-state index is 5.41. The third-order valence-corrected chi connectivity index (χ3v) is 2.07. The molecule has 1 aromatic heterocycles. The molecule has 2 aromatic rings. The second-order valence-corrected chi connectivity index (χ2v) is 3.03. The highest BCUT2D eigenvalue weighted by Crippen LogP contribution is 2.30. The van der Waals surface area contributed by atoms with Crippen LogP contribution in [0.2, 0.25) is 0 Å². The number of benzene rings is 1. The van der Waals surface area contributed by atoms with E-state index in [-0.39, 0.29) is 0 Å². The first kappa shape index (κ1) is 10.4. The normalized spacial score (nSPS) is 10.1. The second-order valence-electron chi connectivity index (χ2n) is 3.03. The summed E-state index contributed by atoms with van der Waals surface area (Å²) in [6.07, 6.45) is 0. The molecule has 0 saturated carbocycles. The molecule has 0 fully saturated rings. The van der Waals surface area contributed by atoms with Crippen LogP contribution in [-0.2, 0) is 0 Å². The van der Waals surface area contributed by atoms with Crippen molar-refractivity contribution in [2.45, 2.75) is 6.92 Å². The summed E-state index contributed by atoms with van der Waals surface area (Å²) < 4.78 is 10.6. The van der Waals surface area contributed by atoms with E-state index in [1.54, 1.807) is 7.11 Å². The van der Waals surface area contributed by atoms with Crippen molar-refractivity contribution >= 4 is 0 Å². The monoisotopic (exact) mass is 220 g/mol. The van der Waals surface area contributed by atoms with Crippen molar-refractivity contribution in [1.29, 1.82) is 0 Å². The van der Waals surface area contributed by atoms with E-state index in [9.17, 15) is 0 Å². The van der Waals surface area contributed by atoms with Crippen LogP contribution in [0.3, 0.4) is 0 Å². The summed E-state index contributed by atoms with van der Waals surface area (Å²) in [7, 11) is 1.60. The van der Waals surface area contributed by atoms with E-state index < -0.39 is 0 Å². The molecule has 0 radical (unpaired) electrons. The average molecular weight is 220 g/mol. The van der Waals surface area contributed by atoms with Crippen molar-refractivity contribution in [1.82, 2.24) is 20.6 Å². The van der Waals surface area contributed by atoms with E-state index in [1.165, 1.54) is 0 Å². The Morgan fingerprint density at radius 2 is 2.19 bits per heavy atom. The molecule has 0 spiro atoms. The number of ether oxygens (including phenoxy) is 2. The highest BCUT2D eigenvalue weighted by Gasteiger charge is 2.08. The Bertz CT molecular complexity index is 456. The topological polar surface area (TPSA) is 72.9 Å². The predicted molar refractivity (Wildman–Crippen MR) is 57.3 cm³/mol. The molecule has 2 rings (SSSR count). The molecule has 0 atom stereocenters. The molecule has 0 aliphatic rings. The van der Waals surface area contributed by atoms with Gasteiger partial charge in [-0.05, 0) is 30.3 Å². The van der Waals surface area contributed by atoms with Crippen LogP contribution in [0.25, 0.3) is 11.4 Å². The van der Waals surface area contributed by atoms with Crippen molar-refractivity contribution in [2.75, 3.05) is 13.7 Å². The third kappa shape index (κ3) is 1.95. The van der Waals surface area contributed by atoms with Crippen LogP contribution < -0.4 is 9.47 Å². The predicted octanol–water partition coefficient (Wildman–Crippen LogP) is 1.27. The summed E-state index contributed by atoms with van der Waals surface area (Å²) in [5.41, 5.74) is 0.828. The zero-order valence-electron chi connectivity index (χ0n) is 9.10. The van der Waals surface area contributed by atoms with Crippen molar-refractivity contribution < 1.29 is 9.47 Å². The van der Waals surface area contributed by atoms with Gasteiger partial charge in [0.15, 0.2) is 11.5 Å². The van der Waals surface area contributed by atoms with Crippen LogP contribution in [0, 0.1) is 0 Å². The molecule has 84 valence electrons. The van der Waals surface area contributed by atoms with Gasteiger partial charge in [-0.25, -0.2) is 0 Å². The molecule has 0 aliphatic heterocycles. The van der Waals surface area contributed by atoms with Gasteiger partial charge in [0.05, 0.1) is 13.7 Å². The zero-order valence-corrected chi connectivity index (χ0v) is 9.10. The first-order valence-electron chi connectivity index (χ1n) is 4.89. The lowest BCUT2D eigenvalue weighted by Crippen LogP contribution is -1.95. The van der Waals surface area contributed by atoms with Gasteiger partial charge in [-0.3, -0.25) is 0 Å². The van der Waals surface area contributed by atoms with Crippen molar-refractivity contribution in [3.05, 3.63) is 18.2 Å². The van der Waals surface area contributed by atoms with Gasteiger partial charge < -0.3 is 9.47 Å². The fraction of sp³-hybridized carbons (Fsp3) is 0.300. The summed E-state index contributed by atoms with van der Waals surface area (Å²) in [5.74, 6) is 1.89. The van der Waals surface area contributed by atoms with Crippen LogP contribution in [0.4, 0.5) is 0 Å². The summed E-state index contributed by atoms with van der Waals surface area (Å²) in [6, 6.07) is 5.50. The number of H-pyrrole nitrogens is 1. The minimum Gasteiger partial charge on any atom is -0.493 e. The zero-order chi connectivity index (χ0) is 11.4. The minimum atomic E-state index is 0.529. The first-order chi connectivity index (χ1) is 7.85. The number of aromatic amines is 1. The molecule has 1 aromatic carbocycles. The fourth-order valence-electron chi connectivity index (χ4n) is 1.37. The molecule has 0 bridgehead atoms. The van der Waals surface area contributed by atoms with Crippen molar-refractivity contribution in [2.24, 2.45) is 0 Å². The van der Waals surface area contributed by atoms with E-state index >= 15 is 0 Å². The van der Waals surface area contributed by atoms with E-state index in [0.29, 0.717) is 23.9 Å². The lowest BCUT2D eigenvalue weighted by atomic mass is 10.2. The van der Waals surface area contributed by atoms with Gasteiger partial charge in [-0.15, -0.1) is 10.2 Å². The molecule has 1 heterocycles. The molecule has 0 amide bonds. The standard InChI is InChI=1S/C10H12N4O2/c1-3-16-8-5-4-7(6-9(8)15-2)10-11-13-14-12-10/h4-6H,3H2,1-2H3,(H,11,12,13,14). The lowest BCUT2D eigenvalue weighted by molar-refractivity contribution is 0.311. The van der Waals surface area contributed by atoms with Crippen LogP contribution >= 0.6 is 0 Å². The van der Waals surface area contributed by atoms with E-state index in [4.69, 9.17) is 9.47 Å². The SMILES string of the molecule is CCOc1ccc(-c2nn[nH]n2)cc1OC. The average Bonchev–Trinajstić information content (AvgIpc) is 2.83. The van der Waals surface area contributed by atoms with Crippen molar-refractivity contribution in [3.8, 4) is 22.9 Å². The number of aromatic nitrogens is 4. The molecule has 0 unspecified atom stereocenters. The van der Waals surface area contributed by atoms with Crippen LogP contribution in [0.15, 0.2) is 18.2 Å². The number of methoxy groups -OCH3 is 1. The van der Waals surface area contributed by atoms with Crippen molar-refractivity contribution in [3.63, 3.8) is 0 Å². The molecule has 6 nitrogen and oxygen atoms in total. The van der Waals surface area contributed by atoms with Gasteiger partial charge in [0.1, 0.15) is 0 Å². The lowest BCUT2D eigenvalue weighted by Gasteiger charge is -2.09. The molecular weight excluding hydrogens is 208 g/mol. The van der Waals surface area contributed by atoms with Gasteiger partial charge in [0.2, 0.25) is 5.82 Å². The largest absolute Gasteiger partial charge is 0.493 e. The van der Waals surface area contributed by atoms with Gasteiger partial charge in [0, 0.05) is 5.56 Å². The Hall–Kier alpha value is -2.11. The van der Waals surface area contributed by atoms with Gasteiger partial charge in [-0.2, -0.15) is 5.21 Å². The Labute approximate surface area is 92.6 Å². The summed E-state index contributed by atoms with van der Waals surface area (Å²) >= 11 is 0. The van der Waals surface area contributed by atoms with Crippen LogP contribution in [0.1, 0.15) is 6.92 Å². The Kier molecular flexibility index (Phi) is 3.00. The highest BCUT2D eigenvalue weighted by molar-refractivity contribution is 5.60. The summed E-state index contributed by atoms with van der Waals surface area (Å²) in [5, 5.41) is 13.7. The Balaban J connectivity index is 2.36. The summed E-state index contributed by atoms with van der Waals surface area (Å²) in [4.78, 5) is 0. The molecule has 0 saturated heterocycles. The number of rotatable bonds is 4. The number of tetrazole rings is 1. The molecule has 16 heavy (non-hydrogen) atoms. The second kappa shape index (κ2) is 4.61. The maximum Gasteiger partial charge on any atom is 0.204 e. The summed E-state index contributed by atoms with van der Waals surface area (Å²) in [6.45, 7) is 2.52. The number of hydrogen-bond donors (Lipinski definition) is 1. The quantitative estimate of drug-likeness (QED) is 0.840. The van der Waals surface area contributed by atoms with Gasteiger partial charge in [0.25, 0.3) is 0 Å². The molecule has 1 N–H and O–H groups in total. The van der Waals surface area contributed by atoms with E-state index in [0.717, 1.165) is 5.56 Å². The smallest absolute Gasteiger partial charge is 0.204 e. The Morgan fingerprint density at radius 3 is 2.81 bits per heavy atom. The number of nitrogens with one attached hydrogen (secondary N) is 1. The minimum absolute atomic E-state index is 0.529. The van der Waals surface area contributed by atoms with Crippen LogP contribution in [0.5, 0.6) is 11.5 Å². The van der Waals surface area contributed by atoms with Crippen LogP contribution in [-0.4, -0.2) is 34.3 Å². The molecule has 0 aliphatic carbocycles. The highest BCUT2D eigenvalue weighted by atomic mass is 16.5. The first-order valence-corrected chi connectivity index (χ1v) is 4.89. The molecule has 6 heteroatoms. The Morgan fingerprint density at radius 1 is 1.31 bits per heavy atom. The van der Waals surface area contributed by atoms with E-state index in [1.807, 2.05) is 25.1 Å². The third-order valence-electron chi connectivity index (χ3n) is 2.07. The van der Waals surface area contributed by atoms with Gasteiger partial charge >= 0.3 is 0 Å². The maximum atomic E-state index is 5.41. The number of hydrogen-bond acceptors (Lipinski definition) is 5. The van der Waals surface area contributed by atoms with Gasteiger partial charge in [-0.1, -0.05) is 0 Å². The molecular formula is C10H12N4O2. The fourth-order valence-corrected chi connectivity index (χ4v) is 1.37. The number of nitrogens with zero attached hydrogens (tertiary/aromatic N) is 3.